The Labute approximate surface area is 626 Å². The number of aliphatic hydroxyl groups excluding tert-OH is 1. The van der Waals surface area contributed by atoms with Crippen molar-refractivity contribution in [1.82, 2.24) is 0 Å². The molecule has 0 fully saturated rings. The van der Waals surface area contributed by atoms with Crippen molar-refractivity contribution in [2.75, 3.05) is 39.6 Å². The first kappa shape index (κ1) is 100. The van der Waals surface area contributed by atoms with Crippen LogP contribution in [0, 0.1) is 5.92 Å². The van der Waals surface area contributed by atoms with Gasteiger partial charge in [-0.25, -0.2) is 9.13 Å². The van der Waals surface area contributed by atoms with Gasteiger partial charge in [0, 0.05) is 25.7 Å². The van der Waals surface area contributed by atoms with Gasteiger partial charge in [0.1, 0.15) is 19.3 Å². The van der Waals surface area contributed by atoms with E-state index >= 15 is 0 Å². The number of rotatable bonds is 83. The van der Waals surface area contributed by atoms with Crippen LogP contribution in [0.15, 0.2) is 0 Å². The van der Waals surface area contributed by atoms with Crippen LogP contribution in [-0.4, -0.2) is 96.7 Å². The number of phosphoric ester groups is 2. The lowest BCUT2D eigenvalue weighted by Gasteiger charge is -2.21. The molecule has 0 aliphatic heterocycles. The summed E-state index contributed by atoms with van der Waals surface area (Å²) in [5, 5.41) is 10.6. The van der Waals surface area contributed by atoms with Crippen molar-refractivity contribution in [3.8, 4) is 0 Å². The molecule has 102 heavy (non-hydrogen) atoms. The predicted molar refractivity (Wildman–Crippen MR) is 418 cm³/mol. The summed E-state index contributed by atoms with van der Waals surface area (Å²) in [7, 11) is -9.91. The van der Waals surface area contributed by atoms with Gasteiger partial charge in [0.05, 0.1) is 26.4 Å². The lowest BCUT2D eigenvalue weighted by Crippen LogP contribution is -2.30. The fraction of sp³-hybridized carbons (Fsp3) is 0.952. The highest BCUT2D eigenvalue weighted by Crippen LogP contribution is 2.45. The summed E-state index contributed by atoms with van der Waals surface area (Å²) in [6.45, 7) is 7.35. The molecule has 3 unspecified atom stereocenters. The topological polar surface area (TPSA) is 237 Å². The second-order valence-corrected chi connectivity index (χ2v) is 33.0. The summed E-state index contributed by atoms with van der Waals surface area (Å²) >= 11 is 0. The average Bonchev–Trinajstić information content (AvgIpc) is 0.910. The smallest absolute Gasteiger partial charge is 0.462 e. The van der Waals surface area contributed by atoms with Crippen LogP contribution in [0.2, 0.25) is 0 Å². The summed E-state index contributed by atoms with van der Waals surface area (Å²) in [6, 6.07) is 0. The van der Waals surface area contributed by atoms with Crippen molar-refractivity contribution in [3.63, 3.8) is 0 Å². The predicted octanol–water partition coefficient (Wildman–Crippen LogP) is 25.2. The van der Waals surface area contributed by atoms with E-state index in [1.807, 2.05) is 0 Å². The van der Waals surface area contributed by atoms with Gasteiger partial charge in [-0.05, 0) is 31.6 Å². The maximum absolute atomic E-state index is 13.1. The molecule has 0 spiro atoms. The van der Waals surface area contributed by atoms with Crippen molar-refractivity contribution >= 4 is 39.5 Å². The number of aliphatic hydroxyl groups is 1. The van der Waals surface area contributed by atoms with Gasteiger partial charge < -0.3 is 33.8 Å². The molecular weight excluding hydrogens is 1330 g/mol. The fourth-order valence-corrected chi connectivity index (χ4v) is 14.5. The molecule has 0 rings (SSSR count). The van der Waals surface area contributed by atoms with Crippen LogP contribution in [-0.2, 0) is 65.4 Å². The van der Waals surface area contributed by atoms with Gasteiger partial charge in [0.2, 0.25) is 0 Å². The Morgan fingerprint density at radius 2 is 0.471 bits per heavy atom. The van der Waals surface area contributed by atoms with E-state index in [9.17, 15) is 43.2 Å². The Hall–Kier alpha value is -1.94. The number of esters is 4. The minimum Gasteiger partial charge on any atom is -0.462 e. The Morgan fingerprint density at radius 1 is 0.275 bits per heavy atom. The number of ether oxygens (including phenoxy) is 4. The molecule has 0 amide bonds. The first-order valence-corrected chi connectivity index (χ1v) is 46.2. The molecule has 0 bridgehead atoms. The molecule has 0 saturated carbocycles. The minimum absolute atomic E-state index is 0.107. The number of phosphoric acid groups is 2. The molecule has 0 radical (unpaired) electrons. The van der Waals surface area contributed by atoms with Crippen LogP contribution in [0.3, 0.4) is 0 Å². The van der Waals surface area contributed by atoms with Crippen molar-refractivity contribution < 1.29 is 80.2 Å². The Bertz CT molecular complexity index is 1950. The SMILES string of the molecule is CCCCCCCCCCCCCCCCCCCCCCCCC(=O)OC[C@H](COP(=O)(O)OC[C@@H](O)COP(=O)(O)OC[C@@H](COC(=O)CCCCCCCCC)OC(=O)CCCCCCCCCCCCC)OC(=O)CCCCCCCCCCCCCCCCCCCCC(C)CC. The van der Waals surface area contributed by atoms with Gasteiger partial charge >= 0.3 is 39.5 Å². The van der Waals surface area contributed by atoms with Crippen molar-refractivity contribution in [1.29, 1.82) is 0 Å². The number of unbranched alkanes of at least 4 members (excludes halogenated alkanes) is 54. The number of carbonyl (C=O) groups is 4. The molecule has 17 nitrogen and oxygen atoms in total. The van der Waals surface area contributed by atoms with Crippen LogP contribution in [0.1, 0.15) is 446 Å². The fourth-order valence-electron chi connectivity index (χ4n) is 12.9. The van der Waals surface area contributed by atoms with Gasteiger partial charge in [-0.1, -0.05) is 394 Å². The molecule has 3 N–H and O–H groups in total. The van der Waals surface area contributed by atoms with Gasteiger partial charge in [-0.15, -0.1) is 0 Å². The standard InChI is InChI=1S/C83H162O17P2/c1-6-10-13-16-19-21-23-24-25-26-27-28-29-30-34-37-40-44-47-52-57-62-67-81(86)94-73-79(100-83(88)69-64-59-54-49-45-41-38-35-32-31-33-36-39-43-46-51-55-60-65-76(5)9-4)75-98-102(91,92)96-71-77(84)70-95-101(89,90)97-74-78(72-93-80(85)66-61-56-50-18-15-12-8-3)99-82(87)68-63-58-53-48-42-22-20-17-14-11-7-2/h76-79,84H,6-75H2,1-5H3,(H,89,90)(H,91,92)/t76?,77-,78+,79+/m0/s1. The minimum atomic E-state index is -4.96. The first-order valence-electron chi connectivity index (χ1n) is 43.2. The third-order valence-corrected chi connectivity index (χ3v) is 21.8. The first-order chi connectivity index (χ1) is 49.6. The molecule has 606 valence electrons. The van der Waals surface area contributed by atoms with E-state index in [1.54, 1.807) is 0 Å². The highest BCUT2D eigenvalue weighted by molar-refractivity contribution is 7.47. The van der Waals surface area contributed by atoms with Gasteiger partial charge in [-0.3, -0.25) is 37.3 Å². The highest BCUT2D eigenvalue weighted by atomic mass is 31.2. The third kappa shape index (κ3) is 74.9. The van der Waals surface area contributed by atoms with Gasteiger partial charge in [0.25, 0.3) is 0 Å². The van der Waals surface area contributed by atoms with Crippen molar-refractivity contribution in [3.05, 3.63) is 0 Å². The quantitative estimate of drug-likeness (QED) is 0.0222. The zero-order chi connectivity index (χ0) is 74.8. The van der Waals surface area contributed by atoms with Crippen LogP contribution in [0.4, 0.5) is 0 Å². The summed E-state index contributed by atoms with van der Waals surface area (Å²) in [4.78, 5) is 72.8. The number of carbonyl (C=O) groups excluding carboxylic acids is 4. The molecule has 0 aliphatic rings. The molecule has 0 heterocycles. The molecular formula is C83H162O17P2. The molecule has 0 aliphatic carbocycles. The lowest BCUT2D eigenvalue weighted by molar-refractivity contribution is -0.161. The number of hydrogen-bond acceptors (Lipinski definition) is 15. The maximum atomic E-state index is 13.1. The van der Waals surface area contributed by atoms with E-state index < -0.39 is 97.5 Å². The Balaban J connectivity index is 5.12. The summed E-state index contributed by atoms with van der Waals surface area (Å²) in [5.74, 6) is -1.24. The zero-order valence-electron chi connectivity index (χ0n) is 66.8. The van der Waals surface area contributed by atoms with E-state index in [2.05, 4.69) is 34.6 Å². The van der Waals surface area contributed by atoms with E-state index in [4.69, 9.17) is 37.0 Å². The summed E-state index contributed by atoms with van der Waals surface area (Å²) in [6.07, 6.45) is 68.4. The van der Waals surface area contributed by atoms with Crippen LogP contribution in [0.25, 0.3) is 0 Å². The van der Waals surface area contributed by atoms with E-state index in [1.165, 1.54) is 257 Å². The van der Waals surface area contributed by atoms with E-state index in [0.29, 0.717) is 25.7 Å². The van der Waals surface area contributed by atoms with Crippen LogP contribution in [0.5, 0.6) is 0 Å². The molecule has 0 saturated heterocycles. The van der Waals surface area contributed by atoms with Crippen molar-refractivity contribution in [2.45, 2.75) is 464 Å². The van der Waals surface area contributed by atoms with Gasteiger partial charge in [-0.2, -0.15) is 0 Å². The van der Waals surface area contributed by atoms with Crippen LogP contribution < -0.4 is 0 Å². The monoisotopic (exact) mass is 1490 g/mol. The Kier molecular flexibility index (Phi) is 74.4. The second kappa shape index (κ2) is 75.9. The average molecular weight is 1490 g/mol. The number of hydrogen-bond donors (Lipinski definition) is 3. The largest absolute Gasteiger partial charge is 0.472 e. The second-order valence-electron chi connectivity index (χ2n) is 30.1. The summed E-state index contributed by atoms with van der Waals surface area (Å²) in [5.41, 5.74) is 0. The van der Waals surface area contributed by atoms with Crippen molar-refractivity contribution in [2.24, 2.45) is 5.92 Å². The molecule has 6 atom stereocenters. The molecule has 0 aromatic rings. The van der Waals surface area contributed by atoms with Crippen LogP contribution >= 0.6 is 15.6 Å². The zero-order valence-corrected chi connectivity index (χ0v) is 68.5. The van der Waals surface area contributed by atoms with Gasteiger partial charge in [0.15, 0.2) is 12.2 Å². The molecule has 0 aromatic carbocycles. The molecule has 19 heteroatoms. The lowest BCUT2D eigenvalue weighted by atomic mass is 9.99. The van der Waals surface area contributed by atoms with E-state index in [0.717, 1.165) is 109 Å². The Morgan fingerprint density at radius 3 is 0.696 bits per heavy atom. The van der Waals surface area contributed by atoms with E-state index in [-0.39, 0.29) is 25.7 Å². The normalized spacial score (nSPS) is 14.1. The summed E-state index contributed by atoms with van der Waals surface area (Å²) < 4.78 is 68.6. The highest BCUT2D eigenvalue weighted by Gasteiger charge is 2.30. The third-order valence-electron chi connectivity index (χ3n) is 19.9. The maximum Gasteiger partial charge on any atom is 0.472 e. The molecule has 0 aromatic heterocycles.